The molecule has 4 nitrogen and oxygen atoms in total. The van der Waals surface area contributed by atoms with Gasteiger partial charge in [-0.25, -0.2) is 0 Å². The van der Waals surface area contributed by atoms with Gasteiger partial charge in [-0.15, -0.1) is 0 Å². The minimum atomic E-state index is -0.132. The first-order valence-corrected chi connectivity index (χ1v) is 8.72. The Balaban J connectivity index is 1.83. The van der Waals surface area contributed by atoms with Crippen LogP contribution in [0.4, 0.5) is 0 Å². The summed E-state index contributed by atoms with van der Waals surface area (Å²) in [6.07, 6.45) is 4.39. The molecule has 4 heteroatoms. The number of aliphatic hydroxyl groups is 1. The van der Waals surface area contributed by atoms with E-state index in [0.717, 1.165) is 30.9 Å². The van der Waals surface area contributed by atoms with Gasteiger partial charge in [0.25, 0.3) is 0 Å². The molecule has 0 unspecified atom stereocenters. The van der Waals surface area contributed by atoms with E-state index < -0.39 is 0 Å². The highest BCUT2D eigenvalue weighted by Gasteiger charge is 2.61. The summed E-state index contributed by atoms with van der Waals surface area (Å²) in [6, 6.07) is 6.89. The fraction of sp³-hybridized carbons (Fsp3) is 0.684. The minimum absolute atomic E-state index is 0.132. The Bertz CT molecular complexity index is 604. The van der Waals surface area contributed by atoms with Crippen LogP contribution in [0, 0.1) is 11.8 Å². The monoisotopic (exact) mass is 317 g/mol. The van der Waals surface area contributed by atoms with E-state index in [-0.39, 0.29) is 11.5 Å². The number of ether oxygens (including phenoxy) is 2. The Kier molecular flexibility index (Phi) is 3.58. The smallest absolute Gasteiger partial charge is 0.161 e. The lowest BCUT2D eigenvalue weighted by molar-refractivity contribution is -0.0805. The van der Waals surface area contributed by atoms with Gasteiger partial charge in [-0.3, -0.25) is 0 Å². The number of methoxy groups -OCH3 is 2. The third-order valence-corrected chi connectivity index (χ3v) is 6.80. The van der Waals surface area contributed by atoms with Crippen LogP contribution in [-0.2, 0) is 5.41 Å². The number of nitrogens with zero attached hydrogens (tertiary/aromatic N) is 1. The minimum Gasteiger partial charge on any atom is -0.493 e. The van der Waals surface area contributed by atoms with E-state index in [1.54, 1.807) is 14.2 Å². The molecule has 126 valence electrons. The number of hydrogen-bond acceptors (Lipinski definition) is 4. The van der Waals surface area contributed by atoms with Gasteiger partial charge in [-0.2, -0.15) is 0 Å². The maximum atomic E-state index is 10.5. The predicted molar refractivity (Wildman–Crippen MR) is 89.1 cm³/mol. The molecule has 1 aromatic rings. The van der Waals surface area contributed by atoms with E-state index in [0.29, 0.717) is 17.9 Å². The molecule has 2 bridgehead atoms. The first-order valence-electron chi connectivity index (χ1n) is 8.72. The number of fused-ring (bicyclic) bond motifs is 2. The van der Waals surface area contributed by atoms with Crippen molar-refractivity contribution in [2.24, 2.45) is 11.8 Å². The average Bonchev–Trinajstić information content (AvgIpc) is 2.95. The molecule has 0 aromatic heterocycles. The number of likely N-dealkylation sites (N-methyl/N-ethyl adjacent to an activating group) is 1. The maximum Gasteiger partial charge on any atom is 0.161 e. The summed E-state index contributed by atoms with van der Waals surface area (Å²) in [4.78, 5) is 2.48. The van der Waals surface area contributed by atoms with Crippen molar-refractivity contribution in [1.82, 2.24) is 4.90 Å². The fourth-order valence-corrected chi connectivity index (χ4v) is 5.88. The van der Waals surface area contributed by atoms with Crippen LogP contribution in [0.25, 0.3) is 0 Å². The second-order valence-electron chi connectivity index (χ2n) is 7.53. The summed E-state index contributed by atoms with van der Waals surface area (Å²) >= 11 is 0. The summed E-state index contributed by atoms with van der Waals surface area (Å²) in [5.74, 6) is 2.57. The van der Waals surface area contributed by atoms with Crippen molar-refractivity contribution in [2.75, 3.05) is 27.8 Å². The largest absolute Gasteiger partial charge is 0.493 e. The number of likely N-dealkylation sites (tertiary alicyclic amines) is 1. The molecule has 1 saturated heterocycles. The summed E-state index contributed by atoms with van der Waals surface area (Å²) in [5.41, 5.74) is 1.53. The zero-order valence-corrected chi connectivity index (χ0v) is 14.3. The van der Waals surface area contributed by atoms with Crippen LogP contribution in [0.15, 0.2) is 18.2 Å². The Labute approximate surface area is 138 Å². The molecular formula is C19H27NO3. The van der Waals surface area contributed by atoms with E-state index in [1.807, 2.05) is 6.07 Å². The number of benzene rings is 1. The van der Waals surface area contributed by atoms with Crippen LogP contribution >= 0.6 is 0 Å². The van der Waals surface area contributed by atoms with Gasteiger partial charge in [0, 0.05) is 17.4 Å². The SMILES string of the molecule is COc1ccc([C@]23CCN(C)[C@H]2[C@H]2CC[C@@H]3C[C@H]2O)cc1OC. The van der Waals surface area contributed by atoms with E-state index >= 15 is 0 Å². The Morgan fingerprint density at radius 1 is 1.17 bits per heavy atom. The van der Waals surface area contributed by atoms with Crippen molar-refractivity contribution in [3.63, 3.8) is 0 Å². The van der Waals surface area contributed by atoms with Gasteiger partial charge in [0.2, 0.25) is 0 Å². The molecule has 4 fully saturated rings. The van der Waals surface area contributed by atoms with Gasteiger partial charge in [-0.1, -0.05) is 6.07 Å². The van der Waals surface area contributed by atoms with Crippen molar-refractivity contribution in [3.8, 4) is 11.5 Å². The molecule has 5 rings (SSSR count). The molecule has 23 heavy (non-hydrogen) atoms. The first-order chi connectivity index (χ1) is 11.1. The summed E-state index contributed by atoms with van der Waals surface area (Å²) in [7, 11) is 5.61. The molecule has 0 spiro atoms. The summed E-state index contributed by atoms with van der Waals surface area (Å²) < 4.78 is 11.0. The molecule has 3 saturated carbocycles. The van der Waals surface area contributed by atoms with Crippen LogP contribution in [0.2, 0.25) is 0 Å². The van der Waals surface area contributed by atoms with Gasteiger partial charge >= 0.3 is 0 Å². The number of hydrogen-bond donors (Lipinski definition) is 1. The second kappa shape index (κ2) is 5.38. The van der Waals surface area contributed by atoms with Crippen molar-refractivity contribution in [3.05, 3.63) is 23.8 Å². The zero-order valence-electron chi connectivity index (χ0n) is 14.3. The molecule has 0 radical (unpaired) electrons. The normalized spacial score (nSPS) is 39.3. The molecule has 1 N–H and O–H groups in total. The molecule has 1 aromatic carbocycles. The number of aliphatic hydroxyl groups excluding tert-OH is 1. The van der Waals surface area contributed by atoms with Crippen molar-refractivity contribution < 1.29 is 14.6 Å². The summed E-state index contributed by atoms with van der Waals surface area (Å²) in [5, 5.41) is 10.5. The van der Waals surface area contributed by atoms with Crippen LogP contribution in [0.3, 0.4) is 0 Å². The topological polar surface area (TPSA) is 41.9 Å². The Morgan fingerprint density at radius 3 is 2.65 bits per heavy atom. The van der Waals surface area contributed by atoms with Crippen molar-refractivity contribution >= 4 is 0 Å². The van der Waals surface area contributed by atoms with Gasteiger partial charge in [0.1, 0.15) is 0 Å². The molecule has 3 aliphatic carbocycles. The average molecular weight is 317 g/mol. The summed E-state index contributed by atoms with van der Waals surface area (Å²) in [6.45, 7) is 1.11. The standard InChI is InChI=1S/C19H27NO3/c1-20-9-8-19(12-4-6-14(18(19)20)15(21)10-12)13-5-7-16(22-2)17(11-13)23-3/h5,7,11-12,14-15,18,21H,4,6,8-10H2,1-3H3/t12-,14+,15-,18+,19-/m1/s1. The lowest BCUT2D eigenvalue weighted by Gasteiger charge is -2.57. The Hall–Kier alpha value is -1.26. The quantitative estimate of drug-likeness (QED) is 0.930. The fourth-order valence-electron chi connectivity index (χ4n) is 5.88. The third-order valence-electron chi connectivity index (χ3n) is 6.80. The highest BCUT2D eigenvalue weighted by atomic mass is 16.5. The zero-order chi connectivity index (χ0) is 16.2. The van der Waals surface area contributed by atoms with Gasteiger partial charge in [0.05, 0.1) is 20.3 Å². The highest BCUT2D eigenvalue weighted by molar-refractivity contribution is 5.47. The van der Waals surface area contributed by atoms with Gasteiger partial charge < -0.3 is 19.5 Å². The van der Waals surface area contributed by atoms with E-state index in [1.165, 1.54) is 18.4 Å². The Morgan fingerprint density at radius 2 is 1.96 bits per heavy atom. The molecule has 4 aliphatic rings. The van der Waals surface area contributed by atoms with Crippen LogP contribution < -0.4 is 9.47 Å². The van der Waals surface area contributed by atoms with E-state index in [4.69, 9.17) is 9.47 Å². The van der Waals surface area contributed by atoms with Crippen LogP contribution in [0.1, 0.15) is 31.2 Å². The second-order valence-corrected chi connectivity index (χ2v) is 7.53. The predicted octanol–water partition coefficient (Wildman–Crippen LogP) is 2.44. The molecule has 1 heterocycles. The molecule has 1 aliphatic heterocycles. The maximum absolute atomic E-state index is 10.5. The lowest BCUT2D eigenvalue weighted by Crippen LogP contribution is -2.61. The van der Waals surface area contributed by atoms with Gasteiger partial charge in [-0.05, 0) is 62.9 Å². The van der Waals surface area contributed by atoms with E-state index in [2.05, 4.69) is 24.1 Å². The van der Waals surface area contributed by atoms with Crippen molar-refractivity contribution in [1.29, 1.82) is 0 Å². The number of rotatable bonds is 3. The van der Waals surface area contributed by atoms with Gasteiger partial charge in [0.15, 0.2) is 11.5 Å². The van der Waals surface area contributed by atoms with E-state index in [9.17, 15) is 5.11 Å². The van der Waals surface area contributed by atoms with Crippen LogP contribution in [0.5, 0.6) is 11.5 Å². The first kappa shape index (κ1) is 15.3. The molecule has 5 atom stereocenters. The molecule has 0 amide bonds. The van der Waals surface area contributed by atoms with Crippen molar-refractivity contribution in [2.45, 2.75) is 43.2 Å². The lowest BCUT2D eigenvalue weighted by atomic mass is 9.50. The van der Waals surface area contributed by atoms with Crippen LogP contribution in [-0.4, -0.2) is 50.0 Å². The third kappa shape index (κ3) is 1.97. The highest BCUT2D eigenvalue weighted by Crippen LogP contribution is 2.60. The molecular weight excluding hydrogens is 290 g/mol.